The molecular formula is C14H18F14O3Si. The Morgan fingerprint density at radius 2 is 0.750 bits per heavy atom. The first-order valence-electron chi connectivity index (χ1n) is 8.50. The zero-order chi connectivity index (χ0) is 26.2. The van der Waals surface area contributed by atoms with Gasteiger partial charge >= 0.3 is 41.6 Å². The largest absolute Gasteiger partial charge is 0.460 e. The van der Waals surface area contributed by atoms with E-state index in [-0.39, 0.29) is 0 Å². The normalized spacial score (nSPS) is 17.5. The van der Waals surface area contributed by atoms with Crippen molar-refractivity contribution in [3.8, 4) is 0 Å². The van der Waals surface area contributed by atoms with Gasteiger partial charge in [0.2, 0.25) is 5.41 Å². The van der Waals surface area contributed by atoms with E-state index < -0.39 is 77.1 Å². The minimum atomic E-state index is -8.17. The first-order valence-corrected chi connectivity index (χ1v) is 9.50. The van der Waals surface area contributed by atoms with Crippen LogP contribution in [0.5, 0.6) is 0 Å². The van der Waals surface area contributed by atoms with Crippen LogP contribution in [0.4, 0.5) is 61.5 Å². The van der Waals surface area contributed by atoms with Gasteiger partial charge in [0.05, 0.1) is 10.2 Å². The summed E-state index contributed by atoms with van der Waals surface area (Å²) < 4.78 is 202. The van der Waals surface area contributed by atoms with Crippen molar-refractivity contribution in [1.29, 1.82) is 0 Å². The number of hydrogen-bond acceptors (Lipinski definition) is 3. The number of ether oxygens (including phenoxy) is 3. The summed E-state index contributed by atoms with van der Waals surface area (Å²) in [6, 6.07) is 0. The second-order valence-corrected chi connectivity index (χ2v) is 7.53. The predicted molar refractivity (Wildman–Crippen MR) is 82.2 cm³/mol. The molecule has 0 radical (unpaired) electrons. The predicted octanol–water partition coefficient (Wildman–Crippen LogP) is 4.52. The summed E-state index contributed by atoms with van der Waals surface area (Å²) in [6.45, 7) is -0.382. The maximum Gasteiger partial charge on any atom is 0.460 e. The van der Waals surface area contributed by atoms with E-state index in [4.69, 9.17) is 0 Å². The average Bonchev–Trinajstić information content (AvgIpc) is 2.60. The van der Waals surface area contributed by atoms with E-state index in [1.807, 2.05) is 0 Å². The third-order valence-electron chi connectivity index (χ3n) is 4.10. The van der Waals surface area contributed by atoms with E-state index in [1.54, 1.807) is 0 Å². The van der Waals surface area contributed by atoms with Crippen LogP contribution < -0.4 is 0 Å². The third kappa shape index (κ3) is 4.19. The molecule has 0 aromatic rings. The molecule has 1 unspecified atom stereocenters. The van der Waals surface area contributed by atoms with Gasteiger partial charge in [0, 0.05) is 19.8 Å². The molecule has 0 aromatic carbocycles. The number of rotatable bonds is 12. The molecule has 194 valence electrons. The summed E-state index contributed by atoms with van der Waals surface area (Å²) >= 11 is 0. The van der Waals surface area contributed by atoms with Gasteiger partial charge in [-0.05, 0) is 20.8 Å². The van der Waals surface area contributed by atoms with Gasteiger partial charge in [-0.25, -0.2) is 0 Å². The zero-order valence-corrected chi connectivity index (χ0v) is 18.6. The molecule has 18 heteroatoms. The monoisotopic (exact) mass is 528 g/mol. The molecule has 0 fully saturated rings. The molecule has 1 atom stereocenters. The van der Waals surface area contributed by atoms with Crippen molar-refractivity contribution in [1.82, 2.24) is 0 Å². The van der Waals surface area contributed by atoms with Crippen LogP contribution in [-0.4, -0.2) is 77.1 Å². The maximum absolute atomic E-state index is 15.3. The smallest absolute Gasteiger partial charge is 0.349 e. The van der Waals surface area contributed by atoms with Gasteiger partial charge in [-0.1, -0.05) is 0 Å². The van der Waals surface area contributed by atoms with E-state index in [2.05, 4.69) is 14.2 Å². The summed E-state index contributed by atoms with van der Waals surface area (Å²) in [4.78, 5) is 0. The topological polar surface area (TPSA) is 27.7 Å². The SMILES string of the molecule is CCOC([SiH3])(OCC)C(F)(OCC)C(F)(F)C(F)(F)C(F)(F)C(F)(F)C(F)(F)C(F)(F)F. The van der Waals surface area contributed by atoms with Gasteiger partial charge < -0.3 is 14.2 Å². The molecule has 0 saturated heterocycles. The van der Waals surface area contributed by atoms with Crippen LogP contribution in [0.25, 0.3) is 0 Å². The summed E-state index contributed by atoms with van der Waals surface area (Å²) in [7, 11) is -1.23. The Morgan fingerprint density at radius 1 is 0.469 bits per heavy atom. The Hall–Kier alpha value is -0.883. The molecule has 0 rings (SSSR count). The molecule has 0 bridgehead atoms. The van der Waals surface area contributed by atoms with E-state index in [0.29, 0.717) is 6.92 Å². The highest BCUT2D eigenvalue weighted by Crippen LogP contribution is 2.63. The zero-order valence-electron chi connectivity index (χ0n) is 16.6. The first kappa shape index (κ1) is 31.1. The van der Waals surface area contributed by atoms with Gasteiger partial charge in [-0.2, -0.15) is 61.5 Å². The van der Waals surface area contributed by atoms with Gasteiger partial charge in [-0.3, -0.25) is 0 Å². The third-order valence-corrected chi connectivity index (χ3v) is 5.32. The second-order valence-electron chi connectivity index (χ2n) is 6.21. The van der Waals surface area contributed by atoms with Crippen LogP contribution in [0, 0.1) is 0 Å². The highest BCUT2D eigenvalue weighted by atomic mass is 28.1. The highest BCUT2D eigenvalue weighted by molar-refractivity contribution is 6.14. The van der Waals surface area contributed by atoms with Crippen molar-refractivity contribution < 1.29 is 75.7 Å². The lowest BCUT2D eigenvalue weighted by Gasteiger charge is -2.48. The van der Waals surface area contributed by atoms with E-state index in [0.717, 1.165) is 13.8 Å². The number of hydrogen-bond donors (Lipinski definition) is 0. The molecule has 0 aliphatic heterocycles. The molecule has 3 nitrogen and oxygen atoms in total. The van der Waals surface area contributed by atoms with E-state index in [9.17, 15) is 57.1 Å². The molecule has 0 spiro atoms. The Labute approximate surface area is 174 Å². The lowest BCUT2D eigenvalue weighted by molar-refractivity contribution is -0.478. The molecule has 0 saturated carbocycles. The van der Waals surface area contributed by atoms with E-state index in [1.165, 1.54) is 0 Å². The van der Waals surface area contributed by atoms with Gasteiger partial charge in [0.15, 0.2) is 0 Å². The van der Waals surface area contributed by atoms with Crippen molar-refractivity contribution in [2.24, 2.45) is 0 Å². The fraction of sp³-hybridized carbons (Fsp3) is 1.00. The van der Waals surface area contributed by atoms with Gasteiger partial charge in [0.25, 0.3) is 0 Å². The van der Waals surface area contributed by atoms with Crippen LogP contribution in [0.3, 0.4) is 0 Å². The summed E-state index contributed by atoms with van der Waals surface area (Å²) in [5.41, 5.74) is -3.61. The van der Waals surface area contributed by atoms with Crippen molar-refractivity contribution in [3.63, 3.8) is 0 Å². The Kier molecular flexibility index (Phi) is 8.80. The molecule has 0 aromatic heterocycles. The Balaban J connectivity index is 7.03. The van der Waals surface area contributed by atoms with Crippen LogP contribution in [0.15, 0.2) is 0 Å². The average molecular weight is 528 g/mol. The molecular weight excluding hydrogens is 510 g/mol. The highest BCUT2D eigenvalue weighted by Gasteiger charge is 2.94. The maximum atomic E-state index is 15.3. The quantitative estimate of drug-likeness (QED) is 0.212. The van der Waals surface area contributed by atoms with Crippen LogP contribution >= 0.6 is 0 Å². The molecule has 32 heavy (non-hydrogen) atoms. The summed E-state index contributed by atoms with van der Waals surface area (Å²) in [6.07, 6.45) is -7.57. The minimum Gasteiger partial charge on any atom is -0.349 e. The van der Waals surface area contributed by atoms with Crippen molar-refractivity contribution in [2.75, 3.05) is 19.8 Å². The van der Waals surface area contributed by atoms with Crippen molar-refractivity contribution >= 4 is 10.2 Å². The van der Waals surface area contributed by atoms with Gasteiger partial charge in [-0.15, -0.1) is 0 Å². The summed E-state index contributed by atoms with van der Waals surface area (Å²) in [5.74, 6) is -44.9. The lowest BCUT2D eigenvalue weighted by Crippen LogP contribution is -2.77. The molecule has 0 amide bonds. The van der Waals surface area contributed by atoms with Crippen molar-refractivity contribution in [3.05, 3.63) is 0 Å². The van der Waals surface area contributed by atoms with Gasteiger partial charge in [0.1, 0.15) is 0 Å². The van der Waals surface area contributed by atoms with Crippen LogP contribution in [0.1, 0.15) is 20.8 Å². The standard InChI is InChI=1S/C14H18F14O3Si/c1-4-29-12(25,14(32,30-5-2)31-6-3)10(21,22)8(17,18)7(15,16)9(19,20)11(23,24)13(26,27)28/h4-6H2,1-3,32H3. The van der Waals surface area contributed by atoms with E-state index >= 15 is 4.39 Å². The first-order chi connectivity index (χ1) is 13.9. The van der Waals surface area contributed by atoms with Crippen molar-refractivity contribution in [2.45, 2.75) is 67.8 Å². The molecule has 0 aliphatic carbocycles. The molecule has 0 heterocycles. The Morgan fingerprint density at radius 3 is 1.03 bits per heavy atom. The number of alkyl halides is 14. The minimum absolute atomic E-state index is 0.660. The summed E-state index contributed by atoms with van der Waals surface area (Å²) in [5, 5.41) is 0. The van der Waals surface area contributed by atoms with Crippen LogP contribution in [0.2, 0.25) is 0 Å². The lowest BCUT2D eigenvalue weighted by atomic mass is 9.90. The molecule has 0 N–H and O–H groups in total. The fourth-order valence-corrected chi connectivity index (χ4v) is 3.49. The van der Waals surface area contributed by atoms with Crippen LogP contribution in [-0.2, 0) is 14.2 Å². The second kappa shape index (κ2) is 9.05. The Bertz CT molecular complexity index is 633. The fourth-order valence-electron chi connectivity index (χ4n) is 2.46. The molecule has 0 aliphatic rings. The number of halogens is 14.